The summed E-state index contributed by atoms with van der Waals surface area (Å²) in [5.41, 5.74) is 1.46. The minimum absolute atomic E-state index is 0.633. The van der Waals surface area contributed by atoms with Crippen molar-refractivity contribution in [3.05, 3.63) is 21.9 Å². The van der Waals surface area contributed by atoms with E-state index in [0.717, 1.165) is 16.1 Å². The molecule has 2 aromatic rings. The van der Waals surface area contributed by atoms with Crippen LogP contribution in [0, 0.1) is 5.92 Å². The predicted molar refractivity (Wildman–Crippen MR) is 77.6 cm³/mol. The Balaban J connectivity index is 2.06. The van der Waals surface area contributed by atoms with E-state index in [9.17, 15) is 0 Å². The van der Waals surface area contributed by atoms with Crippen molar-refractivity contribution in [2.45, 2.75) is 45.4 Å². The normalized spacial score (nSPS) is 20.3. The number of rotatable bonds is 3. The number of hydrogen-bond acceptors (Lipinski definition) is 3. The topological polar surface area (TPSA) is 25.8 Å². The monoisotopic (exact) mass is 280 g/mol. The maximum absolute atomic E-state index is 6.27. The molecule has 0 radical (unpaired) electrons. The fraction of sp³-hybridized carbons (Fsp3) is 0.571. The van der Waals surface area contributed by atoms with Gasteiger partial charge in [-0.25, -0.2) is 9.97 Å². The Morgan fingerprint density at radius 3 is 3.11 bits per heavy atom. The van der Waals surface area contributed by atoms with Crippen molar-refractivity contribution in [1.82, 2.24) is 9.97 Å². The van der Waals surface area contributed by atoms with Crippen LogP contribution in [-0.4, -0.2) is 9.97 Å². The molecule has 0 bridgehead atoms. The molecule has 96 valence electrons. The maximum atomic E-state index is 6.27. The third kappa shape index (κ3) is 1.94. The average Bonchev–Trinajstić information content (AvgIpc) is 2.89. The van der Waals surface area contributed by atoms with E-state index < -0.39 is 0 Å². The summed E-state index contributed by atoms with van der Waals surface area (Å²) in [6, 6.07) is 0. The molecule has 0 spiro atoms. The highest BCUT2D eigenvalue weighted by molar-refractivity contribution is 7.19. The molecule has 3 rings (SSSR count). The van der Waals surface area contributed by atoms with Crippen LogP contribution in [0.15, 0.2) is 6.33 Å². The highest BCUT2D eigenvalue weighted by Gasteiger charge is 2.29. The SMILES string of the molecule is CCC(C)C[C@H]1CCc2sc3ncnc(Cl)c3c21. The van der Waals surface area contributed by atoms with Crippen LogP contribution in [0.4, 0.5) is 0 Å². The Morgan fingerprint density at radius 1 is 1.50 bits per heavy atom. The lowest BCUT2D eigenvalue weighted by molar-refractivity contribution is 0.453. The first-order valence-corrected chi connectivity index (χ1v) is 7.81. The Bertz CT molecular complexity index is 578. The van der Waals surface area contributed by atoms with Crippen molar-refractivity contribution in [2.75, 3.05) is 0 Å². The van der Waals surface area contributed by atoms with Gasteiger partial charge in [-0.05, 0) is 36.7 Å². The minimum Gasteiger partial charge on any atom is -0.225 e. The van der Waals surface area contributed by atoms with Crippen molar-refractivity contribution in [3.8, 4) is 0 Å². The van der Waals surface area contributed by atoms with Gasteiger partial charge in [0.2, 0.25) is 0 Å². The molecule has 0 amide bonds. The molecule has 2 atom stereocenters. The van der Waals surface area contributed by atoms with E-state index in [1.165, 1.54) is 36.1 Å². The number of aryl methyl sites for hydroxylation is 1. The molecule has 18 heavy (non-hydrogen) atoms. The summed E-state index contributed by atoms with van der Waals surface area (Å²) in [4.78, 5) is 11.1. The second-order valence-electron chi connectivity index (χ2n) is 5.27. The van der Waals surface area contributed by atoms with E-state index in [4.69, 9.17) is 11.6 Å². The minimum atomic E-state index is 0.633. The molecule has 1 aliphatic carbocycles. The highest BCUT2D eigenvalue weighted by Crippen LogP contribution is 2.47. The lowest BCUT2D eigenvalue weighted by Gasteiger charge is -2.15. The van der Waals surface area contributed by atoms with Crippen molar-refractivity contribution in [3.63, 3.8) is 0 Å². The van der Waals surface area contributed by atoms with Crippen LogP contribution in [0.1, 0.15) is 49.5 Å². The zero-order chi connectivity index (χ0) is 12.7. The average molecular weight is 281 g/mol. The van der Waals surface area contributed by atoms with Gasteiger partial charge >= 0.3 is 0 Å². The van der Waals surface area contributed by atoms with E-state index in [-0.39, 0.29) is 0 Å². The number of nitrogens with zero attached hydrogens (tertiary/aromatic N) is 2. The van der Waals surface area contributed by atoms with E-state index in [2.05, 4.69) is 23.8 Å². The van der Waals surface area contributed by atoms with Gasteiger partial charge in [0.25, 0.3) is 0 Å². The van der Waals surface area contributed by atoms with Crippen LogP contribution in [0.2, 0.25) is 5.15 Å². The van der Waals surface area contributed by atoms with E-state index in [0.29, 0.717) is 11.1 Å². The molecular formula is C14H17ClN2S. The van der Waals surface area contributed by atoms with Crippen LogP contribution in [0.3, 0.4) is 0 Å². The van der Waals surface area contributed by atoms with Crippen molar-refractivity contribution in [1.29, 1.82) is 0 Å². The van der Waals surface area contributed by atoms with Gasteiger partial charge in [0.15, 0.2) is 0 Å². The summed E-state index contributed by atoms with van der Waals surface area (Å²) in [6.07, 6.45) is 6.54. The summed E-state index contributed by atoms with van der Waals surface area (Å²) in [6.45, 7) is 4.60. The molecule has 1 aliphatic rings. The van der Waals surface area contributed by atoms with Gasteiger partial charge in [-0.15, -0.1) is 11.3 Å². The maximum Gasteiger partial charge on any atom is 0.141 e. The van der Waals surface area contributed by atoms with Gasteiger partial charge in [-0.1, -0.05) is 31.9 Å². The standard InChI is InChI=1S/C14H17ClN2S/c1-3-8(2)6-9-4-5-10-11(9)12-13(15)16-7-17-14(12)18-10/h7-9H,3-6H2,1-2H3/t8?,9-/m1/s1. The smallest absolute Gasteiger partial charge is 0.141 e. The van der Waals surface area contributed by atoms with E-state index in [1.807, 2.05) is 0 Å². The Hall–Kier alpha value is -0.670. The lowest BCUT2D eigenvalue weighted by Crippen LogP contribution is -2.01. The first-order valence-electron chi connectivity index (χ1n) is 6.62. The van der Waals surface area contributed by atoms with E-state index in [1.54, 1.807) is 17.7 Å². The number of halogens is 1. The summed E-state index contributed by atoms with van der Waals surface area (Å²) in [5.74, 6) is 1.44. The fourth-order valence-corrected chi connectivity index (χ4v) is 4.45. The van der Waals surface area contributed by atoms with E-state index >= 15 is 0 Å². The number of aromatic nitrogens is 2. The zero-order valence-corrected chi connectivity index (χ0v) is 12.3. The molecule has 1 unspecified atom stereocenters. The van der Waals surface area contributed by atoms with Crippen LogP contribution < -0.4 is 0 Å². The largest absolute Gasteiger partial charge is 0.225 e. The highest BCUT2D eigenvalue weighted by atomic mass is 35.5. The molecule has 0 N–H and O–H groups in total. The molecule has 2 aromatic heterocycles. The molecule has 0 fully saturated rings. The molecule has 0 saturated heterocycles. The second kappa shape index (κ2) is 4.78. The Labute approximate surface area is 116 Å². The van der Waals surface area contributed by atoms with Gasteiger partial charge in [0.05, 0.1) is 5.39 Å². The van der Waals surface area contributed by atoms with Crippen LogP contribution in [-0.2, 0) is 6.42 Å². The van der Waals surface area contributed by atoms with Crippen LogP contribution in [0.5, 0.6) is 0 Å². The summed E-state index contributed by atoms with van der Waals surface area (Å²) in [7, 11) is 0. The van der Waals surface area contributed by atoms with Crippen molar-refractivity contribution >= 4 is 33.2 Å². The number of hydrogen-bond donors (Lipinski definition) is 0. The predicted octanol–water partition coefficient (Wildman–Crippen LogP) is 4.81. The molecule has 0 saturated carbocycles. The fourth-order valence-electron chi connectivity index (χ4n) is 2.92. The first-order chi connectivity index (χ1) is 8.70. The Kier molecular flexibility index (Phi) is 3.29. The van der Waals surface area contributed by atoms with Crippen LogP contribution >= 0.6 is 22.9 Å². The molecular weight excluding hydrogens is 264 g/mol. The van der Waals surface area contributed by atoms with Gasteiger partial charge in [0, 0.05) is 4.88 Å². The third-order valence-electron chi connectivity index (χ3n) is 4.07. The van der Waals surface area contributed by atoms with Gasteiger partial charge in [0.1, 0.15) is 16.3 Å². The zero-order valence-electron chi connectivity index (χ0n) is 10.7. The molecule has 4 heteroatoms. The third-order valence-corrected chi connectivity index (χ3v) is 5.53. The summed E-state index contributed by atoms with van der Waals surface area (Å²) >= 11 is 8.08. The molecule has 2 heterocycles. The number of thiophene rings is 1. The quantitative estimate of drug-likeness (QED) is 0.754. The first kappa shape index (κ1) is 12.4. The van der Waals surface area contributed by atoms with Gasteiger partial charge < -0.3 is 0 Å². The lowest BCUT2D eigenvalue weighted by atomic mass is 9.89. The molecule has 2 nitrogen and oxygen atoms in total. The summed E-state index contributed by atoms with van der Waals surface area (Å²) in [5, 5.41) is 1.76. The summed E-state index contributed by atoms with van der Waals surface area (Å²) < 4.78 is 0. The molecule has 0 aliphatic heterocycles. The van der Waals surface area contributed by atoms with Crippen molar-refractivity contribution < 1.29 is 0 Å². The van der Waals surface area contributed by atoms with Crippen molar-refractivity contribution in [2.24, 2.45) is 5.92 Å². The van der Waals surface area contributed by atoms with Gasteiger partial charge in [-0.3, -0.25) is 0 Å². The molecule has 0 aromatic carbocycles. The second-order valence-corrected chi connectivity index (χ2v) is 6.71. The Morgan fingerprint density at radius 2 is 2.33 bits per heavy atom. The van der Waals surface area contributed by atoms with Gasteiger partial charge in [-0.2, -0.15) is 0 Å². The number of fused-ring (bicyclic) bond motifs is 3. The van der Waals surface area contributed by atoms with Crippen LogP contribution in [0.25, 0.3) is 10.2 Å².